The number of hydrogen-bond acceptors (Lipinski definition) is 3. The van der Waals surface area contributed by atoms with Crippen LogP contribution in [0.15, 0.2) is 11.6 Å². The van der Waals surface area contributed by atoms with Crippen molar-refractivity contribution in [3.05, 3.63) is 11.6 Å². The zero-order chi connectivity index (χ0) is 15.8. The van der Waals surface area contributed by atoms with Gasteiger partial charge in [0.15, 0.2) is 5.78 Å². The summed E-state index contributed by atoms with van der Waals surface area (Å²) in [5.74, 6) is 0.286. The van der Waals surface area contributed by atoms with Gasteiger partial charge in [-0.2, -0.15) is 0 Å². The Hall–Kier alpha value is -1.32. The van der Waals surface area contributed by atoms with Crippen molar-refractivity contribution in [3.63, 3.8) is 0 Å². The van der Waals surface area contributed by atoms with Gasteiger partial charge >= 0.3 is 6.09 Å². The van der Waals surface area contributed by atoms with Crippen LogP contribution in [0.2, 0.25) is 0 Å². The highest BCUT2D eigenvalue weighted by Gasteiger charge is 2.25. The molecule has 0 unspecified atom stereocenters. The van der Waals surface area contributed by atoms with E-state index in [-0.39, 0.29) is 17.3 Å². The first-order valence-corrected chi connectivity index (χ1v) is 7.37. The molecule has 0 fully saturated rings. The lowest BCUT2D eigenvalue weighted by molar-refractivity contribution is -0.117. The Balaban J connectivity index is 0.000000361. The minimum Gasteiger partial charge on any atom is -0.450 e. The van der Waals surface area contributed by atoms with E-state index in [1.165, 1.54) is 5.57 Å². The second-order valence-electron chi connectivity index (χ2n) is 5.85. The van der Waals surface area contributed by atoms with Crippen molar-refractivity contribution in [1.82, 2.24) is 4.90 Å². The second kappa shape index (κ2) is 8.77. The van der Waals surface area contributed by atoms with Crippen LogP contribution in [0.4, 0.5) is 4.79 Å². The average molecular weight is 283 g/mol. The van der Waals surface area contributed by atoms with E-state index in [1.807, 2.05) is 20.8 Å². The summed E-state index contributed by atoms with van der Waals surface area (Å²) in [6.07, 6.45) is 3.33. The van der Waals surface area contributed by atoms with Crippen LogP contribution in [-0.2, 0) is 9.53 Å². The summed E-state index contributed by atoms with van der Waals surface area (Å²) in [6, 6.07) is 0. The van der Waals surface area contributed by atoms with Gasteiger partial charge in [-0.1, -0.05) is 19.4 Å². The van der Waals surface area contributed by atoms with E-state index in [2.05, 4.69) is 13.8 Å². The third-order valence-corrected chi connectivity index (χ3v) is 3.11. The molecular weight excluding hydrogens is 254 g/mol. The third kappa shape index (κ3) is 7.31. The van der Waals surface area contributed by atoms with E-state index >= 15 is 0 Å². The summed E-state index contributed by atoms with van der Waals surface area (Å²) in [5, 5.41) is 0. The van der Waals surface area contributed by atoms with Gasteiger partial charge in [0.2, 0.25) is 0 Å². The van der Waals surface area contributed by atoms with Crippen LogP contribution < -0.4 is 0 Å². The molecule has 4 heteroatoms. The molecule has 0 aromatic carbocycles. The zero-order valence-electron chi connectivity index (χ0n) is 13.8. The number of ketones is 1. The van der Waals surface area contributed by atoms with Gasteiger partial charge in [-0.3, -0.25) is 4.79 Å². The van der Waals surface area contributed by atoms with E-state index in [4.69, 9.17) is 4.74 Å². The number of hydrogen-bond donors (Lipinski definition) is 0. The molecular formula is C16H29NO3. The Bertz CT molecular complexity index is 355. The highest BCUT2D eigenvalue weighted by molar-refractivity contribution is 5.91. The van der Waals surface area contributed by atoms with Gasteiger partial charge in [0.25, 0.3) is 0 Å². The lowest BCUT2D eigenvalue weighted by Crippen LogP contribution is -2.30. The predicted molar refractivity (Wildman–Crippen MR) is 81.7 cm³/mol. The lowest BCUT2D eigenvalue weighted by atomic mass is 9.77. The maximum Gasteiger partial charge on any atom is 0.409 e. The SMILES string of the molecule is CC1=CC(=O)CC(C)(C)C1.CCOC(=O)N(CC)CC. The molecule has 0 heterocycles. The number of carbonyl (C=O) groups is 2. The van der Waals surface area contributed by atoms with Crippen molar-refractivity contribution in [3.8, 4) is 0 Å². The van der Waals surface area contributed by atoms with Gasteiger partial charge in [-0.15, -0.1) is 0 Å². The van der Waals surface area contributed by atoms with Crippen LogP contribution in [0, 0.1) is 5.41 Å². The predicted octanol–water partition coefficient (Wildman–Crippen LogP) is 3.81. The number of allylic oxidation sites excluding steroid dienone is 2. The molecule has 0 N–H and O–H groups in total. The van der Waals surface area contributed by atoms with Crippen LogP contribution in [0.3, 0.4) is 0 Å². The first-order valence-electron chi connectivity index (χ1n) is 7.37. The summed E-state index contributed by atoms with van der Waals surface area (Å²) in [7, 11) is 0. The topological polar surface area (TPSA) is 46.6 Å². The Labute approximate surface area is 123 Å². The van der Waals surface area contributed by atoms with Crippen molar-refractivity contribution < 1.29 is 14.3 Å². The fraction of sp³-hybridized carbons (Fsp3) is 0.750. The molecule has 1 rings (SSSR count). The third-order valence-electron chi connectivity index (χ3n) is 3.11. The number of nitrogens with zero attached hydrogens (tertiary/aromatic N) is 1. The molecule has 0 aliphatic heterocycles. The van der Waals surface area contributed by atoms with Crippen molar-refractivity contribution in [2.75, 3.05) is 19.7 Å². The standard InChI is InChI=1S/C9H14O.C7H15NO2/c1-7-4-8(10)6-9(2,3)5-7;1-4-8(5-2)7(9)10-6-3/h4H,5-6H2,1-3H3;4-6H2,1-3H3. The van der Waals surface area contributed by atoms with Crippen molar-refractivity contribution in [2.24, 2.45) is 5.41 Å². The minimum absolute atomic E-state index is 0.204. The number of amides is 1. The molecule has 0 radical (unpaired) electrons. The van der Waals surface area contributed by atoms with Crippen molar-refractivity contribution >= 4 is 11.9 Å². The number of rotatable bonds is 3. The van der Waals surface area contributed by atoms with Gasteiger partial charge in [0.1, 0.15) is 0 Å². The van der Waals surface area contributed by atoms with Gasteiger partial charge in [0.05, 0.1) is 6.61 Å². The van der Waals surface area contributed by atoms with E-state index in [9.17, 15) is 9.59 Å². The van der Waals surface area contributed by atoms with Gasteiger partial charge in [-0.05, 0) is 45.6 Å². The molecule has 0 bridgehead atoms. The van der Waals surface area contributed by atoms with Gasteiger partial charge in [0, 0.05) is 19.5 Å². The summed E-state index contributed by atoms with van der Waals surface area (Å²) in [6.45, 7) is 13.9. The van der Waals surface area contributed by atoms with E-state index in [1.54, 1.807) is 17.9 Å². The van der Waals surface area contributed by atoms with E-state index < -0.39 is 0 Å². The molecule has 1 aliphatic carbocycles. The molecule has 4 nitrogen and oxygen atoms in total. The monoisotopic (exact) mass is 283 g/mol. The fourth-order valence-corrected chi connectivity index (χ4v) is 2.36. The highest BCUT2D eigenvalue weighted by atomic mass is 16.6. The first kappa shape index (κ1) is 18.7. The van der Waals surface area contributed by atoms with Gasteiger partial charge < -0.3 is 9.64 Å². The smallest absolute Gasteiger partial charge is 0.409 e. The largest absolute Gasteiger partial charge is 0.450 e. The summed E-state index contributed by atoms with van der Waals surface area (Å²) in [5.41, 5.74) is 1.43. The van der Waals surface area contributed by atoms with Crippen LogP contribution in [0.25, 0.3) is 0 Å². The summed E-state index contributed by atoms with van der Waals surface area (Å²) in [4.78, 5) is 23.6. The van der Waals surface area contributed by atoms with Crippen molar-refractivity contribution in [1.29, 1.82) is 0 Å². The summed E-state index contributed by atoms with van der Waals surface area (Å²) < 4.78 is 4.77. The maximum atomic E-state index is 11.0. The number of carbonyl (C=O) groups excluding carboxylic acids is 2. The zero-order valence-corrected chi connectivity index (χ0v) is 13.8. The second-order valence-corrected chi connectivity index (χ2v) is 5.85. The molecule has 0 spiro atoms. The molecule has 116 valence electrons. The molecule has 0 atom stereocenters. The average Bonchev–Trinajstić information content (AvgIpc) is 2.28. The molecule has 0 aromatic heterocycles. The van der Waals surface area contributed by atoms with E-state index in [0.29, 0.717) is 13.0 Å². The molecule has 1 amide bonds. The first-order chi connectivity index (χ1) is 9.25. The molecule has 1 aliphatic rings. The number of ether oxygens (including phenoxy) is 1. The quantitative estimate of drug-likeness (QED) is 0.791. The Morgan fingerprint density at radius 2 is 1.80 bits per heavy atom. The van der Waals surface area contributed by atoms with Crippen LogP contribution in [0.5, 0.6) is 0 Å². The van der Waals surface area contributed by atoms with Gasteiger partial charge in [-0.25, -0.2) is 4.79 Å². The van der Waals surface area contributed by atoms with Crippen molar-refractivity contribution in [2.45, 2.75) is 54.4 Å². The van der Waals surface area contributed by atoms with Crippen LogP contribution in [-0.4, -0.2) is 36.5 Å². The molecule has 20 heavy (non-hydrogen) atoms. The molecule has 0 saturated carbocycles. The lowest BCUT2D eigenvalue weighted by Gasteiger charge is -2.27. The highest BCUT2D eigenvalue weighted by Crippen LogP contribution is 2.32. The minimum atomic E-state index is -0.215. The van der Waals surface area contributed by atoms with Crippen LogP contribution in [0.1, 0.15) is 54.4 Å². The normalized spacial score (nSPS) is 16.7. The fourth-order valence-electron chi connectivity index (χ4n) is 2.36. The summed E-state index contributed by atoms with van der Waals surface area (Å²) >= 11 is 0. The molecule has 0 aromatic rings. The van der Waals surface area contributed by atoms with Crippen LogP contribution >= 0.6 is 0 Å². The Kier molecular flexibility index (Phi) is 8.19. The molecule has 0 saturated heterocycles. The van der Waals surface area contributed by atoms with E-state index in [0.717, 1.165) is 19.5 Å². The Morgan fingerprint density at radius 1 is 1.25 bits per heavy atom. The Morgan fingerprint density at radius 3 is 2.15 bits per heavy atom. The maximum absolute atomic E-state index is 11.0.